The smallest absolute Gasteiger partial charge is 0.239 e. The first kappa shape index (κ1) is 16.2. The minimum Gasteiger partial charge on any atom is -0.354 e. The van der Waals surface area contributed by atoms with Crippen LogP contribution >= 0.6 is 11.3 Å². The lowest BCUT2D eigenvalue weighted by Gasteiger charge is -2.07. The number of hydrogen-bond donors (Lipinski definition) is 2. The summed E-state index contributed by atoms with van der Waals surface area (Å²) in [6.07, 6.45) is 0.912. The summed E-state index contributed by atoms with van der Waals surface area (Å²) in [6.45, 7) is 0.416. The van der Waals surface area contributed by atoms with Crippen molar-refractivity contribution in [2.24, 2.45) is 0 Å². The molecule has 4 nitrogen and oxygen atoms in total. The van der Waals surface area contributed by atoms with E-state index >= 15 is 0 Å². The van der Waals surface area contributed by atoms with E-state index in [0.29, 0.717) is 19.4 Å². The van der Waals surface area contributed by atoms with Gasteiger partial charge in [0.05, 0.1) is 13.0 Å². The monoisotopic (exact) mass is 320 g/mol. The van der Waals surface area contributed by atoms with Crippen LogP contribution in [0.5, 0.6) is 0 Å². The van der Waals surface area contributed by atoms with Crippen LogP contribution in [0.4, 0.5) is 4.39 Å². The van der Waals surface area contributed by atoms with Gasteiger partial charge in [0.2, 0.25) is 11.8 Å². The van der Waals surface area contributed by atoms with E-state index in [1.54, 1.807) is 12.1 Å². The van der Waals surface area contributed by atoms with E-state index in [9.17, 15) is 14.0 Å². The second-order valence-electron chi connectivity index (χ2n) is 4.76. The molecular formula is C16H17FN2O2S. The molecule has 6 heteroatoms. The average molecular weight is 320 g/mol. The number of nitrogens with one attached hydrogen (secondary N) is 2. The number of halogens is 1. The quantitative estimate of drug-likeness (QED) is 0.819. The number of carbonyl (C=O) groups is 2. The Hall–Kier alpha value is -2.21. The molecule has 22 heavy (non-hydrogen) atoms. The molecule has 0 aliphatic carbocycles. The molecule has 0 bridgehead atoms. The van der Waals surface area contributed by atoms with Crippen molar-refractivity contribution in [2.75, 3.05) is 13.1 Å². The van der Waals surface area contributed by atoms with Crippen LogP contribution in [0.3, 0.4) is 0 Å². The van der Waals surface area contributed by atoms with Crippen LogP contribution in [-0.4, -0.2) is 24.9 Å². The Morgan fingerprint density at radius 1 is 1.05 bits per heavy atom. The molecule has 2 amide bonds. The molecule has 0 aliphatic heterocycles. The SMILES string of the molecule is O=C(CNC(=O)Cc1cccs1)NCCc1ccc(F)cc1. The van der Waals surface area contributed by atoms with Crippen molar-refractivity contribution in [1.82, 2.24) is 10.6 Å². The third-order valence-corrected chi connectivity index (χ3v) is 3.89. The van der Waals surface area contributed by atoms with Gasteiger partial charge in [-0.15, -0.1) is 11.3 Å². The normalized spacial score (nSPS) is 10.2. The van der Waals surface area contributed by atoms with Crippen LogP contribution in [-0.2, 0) is 22.4 Å². The number of amides is 2. The lowest BCUT2D eigenvalue weighted by atomic mass is 10.1. The molecule has 0 unspecified atom stereocenters. The van der Waals surface area contributed by atoms with Crippen molar-refractivity contribution < 1.29 is 14.0 Å². The van der Waals surface area contributed by atoms with Gasteiger partial charge < -0.3 is 10.6 Å². The highest BCUT2D eigenvalue weighted by molar-refractivity contribution is 7.10. The zero-order valence-corrected chi connectivity index (χ0v) is 12.8. The van der Waals surface area contributed by atoms with E-state index in [-0.39, 0.29) is 24.2 Å². The van der Waals surface area contributed by atoms with E-state index in [0.717, 1.165) is 10.4 Å². The maximum atomic E-state index is 12.7. The van der Waals surface area contributed by atoms with Crippen LogP contribution in [0.2, 0.25) is 0 Å². The summed E-state index contributed by atoms with van der Waals surface area (Å²) in [5, 5.41) is 7.21. The standard InChI is InChI=1S/C16H17FN2O2S/c17-13-5-3-12(4-6-13)7-8-18-16(21)11-19-15(20)10-14-2-1-9-22-14/h1-6,9H,7-8,10-11H2,(H,18,21)(H,19,20). The maximum absolute atomic E-state index is 12.7. The van der Waals surface area contributed by atoms with Gasteiger partial charge in [0, 0.05) is 11.4 Å². The lowest BCUT2D eigenvalue weighted by molar-refractivity contribution is -0.125. The second-order valence-corrected chi connectivity index (χ2v) is 5.79. The molecule has 0 fully saturated rings. The third kappa shape index (κ3) is 5.65. The molecule has 0 aliphatic rings. The Morgan fingerprint density at radius 3 is 2.50 bits per heavy atom. The molecule has 1 aromatic heterocycles. The summed E-state index contributed by atoms with van der Waals surface area (Å²) in [5.41, 5.74) is 0.948. The van der Waals surface area contributed by atoms with Gasteiger partial charge in [-0.05, 0) is 35.6 Å². The molecular weight excluding hydrogens is 303 g/mol. The van der Waals surface area contributed by atoms with Gasteiger partial charge in [-0.25, -0.2) is 4.39 Å². The first-order chi connectivity index (χ1) is 10.6. The Bertz CT molecular complexity index is 612. The van der Waals surface area contributed by atoms with Crippen LogP contribution in [0.25, 0.3) is 0 Å². The van der Waals surface area contributed by atoms with Gasteiger partial charge in [0.1, 0.15) is 5.82 Å². The van der Waals surface area contributed by atoms with Gasteiger partial charge >= 0.3 is 0 Å². The minimum atomic E-state index is -0.277. The fourth-order valence-corrected chi connectivity index (χ4v) is 2.58. The lowest BCUT2D eigenvalue weighted by Crippen LogP contribution is -2.38. The molecule has 116 valence electrons. The van der Waals surface area contributed by atoms with Crippen molar-refractivity contribution in [2.45, 2.75) is 12.8 Å². The summed E-state index contributed by atoms with van der Waals surface area (Å²) in [4.78, 5) is 24.2. The summed E-state index contributed by atoms with van der Waals surface area (Å²) < 4.78 is 12.7. The molecule has 1 aromatic carbocycles. The van der Waals surface area contributed by atoms with Gasteiger partial charge in [-0.2, -0.15) is 0 Å². The van der Waals surface area contributed by atoms with E-state index in [2.05, 4.69) is 10.6 Å². The highest BCUT2D eigenvalue weighted by Gasteiger charge is 2.06. The summed E-state index contributed by atoms with van der Waals surface area (Å²) in [5.74, 6) is -0.681. The van der Waals surface area contributed by atoms with E-state index in [1.807, 2.05) is 17.5 Å². The Kier molecular flexibility index (Phi) is 6.09. The molecule has 1 heterocycles. The Morgan fingerprint density at radius 2 is 1.82 bits per heavy atom. The molecule has 0 saturated heterocycles. The number of benzene rings is 1. The highest BCUT2D eigenvalue weighted by atomic mass is 32.1. The molecule has 2 rings (SSSR count). The Balaban J connectivity index is 1.61. The van der Waals surface area contributed by atoms with Crippen molar-refractivity contribution in [3.8, 4) is 0 Å². The number of thiophene rings is 1. The predicted molar refractivity (Wildman–Crippen MR) is 84.1 cm³/mol. The zero-order valence-electron chi connectivity index (χ0n) is 12.0. The van der Waals surface area contributed by atoms with Gasteiger partial charge in [0.25, 0.3) is 0 Å². The van der Waals surface area contributed by atoms with Gasteiger partial charge in [-0.1, -0.05) is 18.2 Å². The second kappa shape index (κ2) is 8.29. The first-order valence-corrected chi connectivity index (χ1v) is 7.81. The zero-order chi connectivity index (χ0) is 15.8. The van der Waals surface area contributed by atoms with Crippen molar-refractivity contribution in [3.05, 3.63) is 58.0 Å². The predicted octanol–water partition coefficient (Wildman–Crippen LogP) is 1.90. The van der Waals surface area contributed by atoms with Gasteiger partial charge in [-0.3, -0.25) is 9.59 Å². The fraction of sp³-hybridized carbons (Fsp3) is 0.250. The van der Waals surface area contributed by atoms with Crippen LogP contribution in [0.1, 0.15) is 10.4 Å². The summed E-state index contributed by atoms with van der Waals surface area (Å²) >= 11 is 1.51. The largest absolute Gasteiger partial charge is 0.354 e. The third-order valence-electron chi connectivity index (χ3n) is 3.01. The molecule has 0 atom stereocenters. The average Bonchev–Trinajstić information content (AvgIpc) is 3.00. The van der Waals surface area contributed by atoms with Crippen LogP contribution in [0.15, 0.2) is 41.8 Å². The molecule has 0 spiro atoms. The number of hydrogen-bond acceptors (Lipinski definition) is 3. The number of carbonyl (C=O) groups excluding carboxylic acids is 2. The fourth-order valence-electron chi connectivity index (χ4n) is 1.87. The number of rotatable bonds is 7. The van der Waals surface area contributed by atoms with E-state index < -0.39 is 0 Å². The van der Waals surface area contributed by atoms with Crippen LogP contribution in [0, 0.1) is 5.82 Å². The molecule has 2 N–H and O–H groups in total. The maximum Gasteiger partial charge on any atom is 0.239 e. The molecule has 0 saturated carbocycles. The van der Waals surface area contributed by atoms with Crippen molar-refractivity contribution in [3.63, 3.8) is 0 Å². The summed E-state index contributed by atoms with van der Waals surface area (Å²) in [7, 11) is 0. The van der Waals surface area contributed by atoms with E-state index in [1.165, 1.54) is 23.5 Å². The topological polar surface area (TPSA) is 58.2 Å². The van der Waals surface area contributed by atoms with Crippen molar-refractivity contribution in [1.29, 1.82) is 0 Å². The summed E-state index contributed by atoms with van der Waals surface area (Å²) in [6, 6.07) is 9.92. The Labute approximate surface area is 132 Å². The van der Waals surface area contributed by atoms with Gasteiger partial charge in [0.15, 0.2) is 0 Å². The van der Waals surface area contributed by atoms with Crippen molar-refractivity contribution >= 4 is 23.2 Å². The molecule has 0 radical (unpaired) electrons. The van der Waals surface area contributed by atoms with Crippen LogP contribution < -0.4 is 10.6 Å². The molecule has 2 aromatic rings. The first-order valence-electron chi connectivity index (χ1n) is 6.94. The van der Waals surface area contributed by atoms with E-state index in [4.69, 9.17) is 0 Å². The minimum absolute atomic E-state index is 0.0341. The highest BCUT2D eigenvalue weighted by Crippen LogP contribution is 2.08.